The molecule has 0 fully saturated rings. The van der Waals surface area contributed by atoms with Gasteiger partial charge in [-0.15, -0.1) is 0 Å². The summed E-state index contributed by atoms with van der Waals surface area (Å²) in [5.74, 6) is -0.243. The number of halogens is 2. The van der Waals surface area contributed by atoms with Gasteiger partial charge in [-0.25, -0.2) is 4.39 Å². The highest BCUT2D eigenvalue weighted by molar-refractivity contribution is 9.08. The zero-order valence-electron chi connectivity index (χ0n) is 8.50. The van der Waals surface area contributed by atoms with E-state index in [4.69, 9.17) is 5.26 Å². The molecule has 0 saturated carbocycles. The van der Waals surface area contributed by atoms with E-state index in [0.29, 0.717) is 24.0 Å². The van der Waals surface area contributed by atoms with Crippen LogP contribution in [0, 0.1) is 17.1 Å². The molecule has 0 aromatic heterocycles. The fourth-order valence-corrected chi connectivity index (χ4v) is 1.63. The van der Waals surface area contributed by atoms with Gasteiger partial charge in [-0.2, -0.15) is 5.26 Å². The Morgan fingerprint density at radius 3 is 2.80 bits per heavy atom. The van der Waals surface area contributed by atoms with Gasteiger partial charge in [0, 0.05) is 18.9 Å². The summed E-state index contributed by atoms with van der Waals surface area (Å²) in [6.45, 7) is 0.543. The zero-order valence-corrected chi connectivity index (χ0v) is 10.1. The third-order valence-electron chi connectivity index (χ3n) is 2.14. The van der Waals surface area contributed by atoms with Crippen LogP contribution < -0.4 is 4.90 Å². The number of nitriles is 1. The smallest absolute Gasteiger partial charge is 0.146 e. The van der Waals surface area contributed by atoms with Gasteiger partial charge in [0.05, 0.1) is 18.2 Å². The number of rotatable bonds is 4. The molecule has 80 valence electrons. The lowest BCUT2D eigenvalue weighted by Crippen LogP contribution is -2.19. The fraction of sp³-hybridized carbons (Fsp3) is 0.364. The number of anilines is 1. The zero-order chi connectivity index (χ0) is 11.3. The van der Waals surface area contributed by atoms with E-state index in [-0.39, 0.29) is 5.82 Å². The van der Waals surface area contributed by atoms with Gasteiger partial charge in [0.25, 0.3) is 0 Å². The van der Waals surface area contributed by atoms with Crippen molar-refractivity contribution >= 4 is 21.6 Å². The first-order valence-electron chi connectivity index (χ1n) is 4.61. The molecule has 0 spiro atoms. The van der Waals surface area contributed by atoms with Crippen LogP contribution in [0.25, 0.3) is 0 Å². The maximum absolute atomic E-state index is 13.6. The van der Waals surface area contributed by atoms with E-state index in [9.17, 15) is 4.39 Å². The normalized spacial score (nSPS) is 9.73. The van der Waals surface area contributed by atoms with Crippen LogP contribution in [0.15, 0.2) is 18.2 Å². The maximum Gasteiger partial charge on any atom is 0.146 e. The quantitative estimate of drug-likeness (QED) is 0.787. The lowest BCUT2D eigenvalue weighted by molar-refractivity contribution is 0.621. The van der Waals surface area contributed by atoms with Gasteiger partial charge in [0.2, 0.25) is 0 Å². The van der Waals surface area contributed by atoms with Gasteiger partial charge in [-0.05, 0) is 17.7 Å². The van der Waals surface area contributed by atoms with Crippen molar-refractivity contribution in [3.63, 3.8) is 0 Å². The minimum absolute atomic E-state index is 0.243. The molecular weight excluding hydrogens is 259 g/mol. The Bertz CT molecular complexity index is 373. The second kappa shape index (κ2) is 5.72. The Balaban J connectivity index is 2.81. The molecule has 0 amide bonds. The van der Waals surface area contributed by atoms with Crippen molar-refractivity contribution in [1.29, 1.82) is 5.26 Å². The Labute approximate surface area is 97.4 Å². The van der Waals surface area contributed by atoms with Crippen molar-refractivity contribution in [1.82, 2.24) is 0 Å². The number of nitrogens with zero attached hydrogens (tertiary/aromatic N) is 2. The molecule has 0 unspecified atom stereocenters. The Morgan fingerprint density at radius 2 is 2.27 bits per heavy atom. The first-order valence-corrected chi connectivity index (χ1v) is 5.73. The standard InChI is InChI=1S/C11H12BrFN2/c1-15(6-2-5-14)11-4-3-9(8-12)7-10(11)13/h3-4,7H,2,6,8H2,1H3. The number of alkyl halides is 1. The largest absolute Gasteiger partial charge is 0.371 e. The Hall–Kier alpha value is -1.08. The van der Waals surface area contributed by atoms with Gasteiger partial charge < -0.3 is 4.90 Å². The topological polar surface area (TPSA) is 27.0 Å². The molecule has 1 aromatic carbocycles. The van der Waals surface area contributed by atoms with Gasteiger partial charge in [-0.1, -0.05) is 22.0 Å². The van der Waals surface area contributed by atoms with Gasteiger partial charge >= 0.3 is 0 Å². The average molecular weight is 271 g/mol. The van der Waals surface area contributed by atoms with Crippen molar-refractivity contribution in [3.05, 3.63) is 29.6 Å². The number of hydrogen-bond donors (Lipinski definition) is 0. The van der Waals surface area contributed by atoms with Crippen LogP contribution in [0.3, 0.4) is 0 Å². The van der Waals surface area contributed by atoms with Crippen LogP contribution in [-0.4, -0.2) is 13.6 Å². The van der Waals surface area contributed by atoms with Crippen molar-refractivity contribution in [2.45, 2.75) is 11.8 Å². The molecule has 4 heteroatoms. The summed E-state index contributed by atoms with van der Waals surface area (Å²) in [6, 6.07) is 7.16. The van der Waals surface area contributed by atoms with E-state index in [2.05, 4.69) is 15.9 Å². The van der Waals surface area contributed by atoms with Crippen LogP contribution in [-0.2, 0) is 5.33 Å². The van der Waals surface area contributed by atoms with Crippen molar-refractivity contribution in [2.24, 2.45) is 0 Å². The molecule has 0 bridgehead atoms. The molecule has 2 nitrogen and oxygen atoms in total. The summed E-state index contributed by atoms with van der Waals surface area (Å²) in [5, 5.41) is 9.08. The average Bonchev–Trinajstić information content (AvgIpc) is 2.25. The molecule has 0 radical (unpaired) electrons. The van der Waals surface area contributed by atoms with Gasteiger partial charge in [-0.3, -0.25) is 0 Å². The highest BCUT2D eigenvalue weighted by Crippen LogP contribution is 2.20. The van der Waals surface area contributed by atoms with E-state index < -0.39 is 0 Å². The van der Waals surface area contributed by atoms with Crippen LogP contribution >= 0.6 is 15.9 Å². The van der Waals surface area contributed by atoms with Gasteiger partial charge in [0.1, 0.15) is 5.82 Å². The summed E-state index contributed by atoms with van der Waals surface area (Å²) in [6.07, 6.45) is 0.399. The predicted molar refractivity (Wildman–Crippen MR) is 62.5 cm³/mol. The highest BCUT2D eigenvalue weighted by Gasteiger charge is 2.07. The van der Waals surface area contributed by atoms with Crippen LogP contribution in [0.5, 0.6) is 0 Å². The second-order valence-corrected chi connectivity index (χ2v) is 3.81. The SMILES string of the molecule is CN(CCC#N)c1ccc(CBr)cc1F. The summed E-state index contributed by atoms with van der Waals surface area (Å²) in [4.78, 5) is 1.75. The van der Waals surface area contributed by atoms with Crippen molar-refractivity contribution in [3.8, 4) is 6.07 Å². The summed E-state index contributed by atoms with van der Waals surface area (Å²) in [7, 11) is 1.78. The Kier molecular flexibility index (Phi) is 4.57. The van der Waals surface area contributed by atoms with E-state index >= 15 is 0 Å². The molecule has 0 N–H and O–H groups in total. The summed E-state index contributed by atoms with van der Waals surface area (Å²) < 4.78 is 13.6. The first-order chi connectivity index (χ1) is 7.19. The molecule has 0 aliphatic rings. The summed E-state index contributed by atoms with van der Waals surface area (Å²) >= 11 is 3.27. The maximum atomic E-state index is 13.6. The van der Waals surface area contributed by atoms with E-state index in [1.807, 2.05) is 12.1 Å². The molecule has 0 heterocycles. The molecule has 0 aliphatic carbocycles. The fourth-order valence-electron chi connectivity index (χ4n) is 1.28. The van der Waals surface area contributed by atoms with E-state index in [0.717, 1.165) is 5.56 Å². The number of benzene rings is 1. The first kappa shape index (κ1) is 12.0. The highest BCUT2D eigenvalue weighted by atomic mass is 79.9. The molecule has 1 rings (SSSR count). The molecule has 0 aliphatic heterocycles. The monoisotopic (exact) mass is 270 g/mol. The molecule has 0 saturated heterocycles. The Morgan fingerprint density at radius 1 is 1.53 bits per heavy atom. The van der Waals surface area contributed by atoms with Crippen molar-refractivity contribution < 1.29 is 4.39 Å². The van der Waals surface area contributed by atoms with Crippen molar-refractivity contribution in [2.75, 3.05) is 18.5 Å². The summed E-state index contributed by atoms with van der Waals surface area (Å²) in [5.41, 5.74) is 1.44. The minimum atomic E-state index is -0.243. The number of hydrogen-bond acceptors (Lipinski definition) is 2. The predicted octanol–water partition coefficient (Wildman–Crippen LogP) is 3.07. The third kappa shape index (κ3) is 3.21. The van der Waals surface area contributed by atoms with Crippen LogP contribution in [0.4, 0.5) is 10.1 Å². The van der Waals surface area contributed by atoms with Gasteiger partial charge in [0.15, 0.2) is 0 Å². The van der Waals surface area contributed by atoms with Crippen LogP contribution in [0.1, 0.15) is 12.0 Å². The van der Waals surface area contributed by atoms with E-state index in [1.54, 1.807) is 18.0 Å². The second-order valence-electron chi connectivity index (χ2n) is 3.25. The minimum Gasteiger partial charge on any atom is -0.371 e. The van der Waals surface area contributed by atoms with Crippen LogP contribution in [0.2, 0.25) is 0 Å². The molecular formula is C11H12BrFN2. The third-order valence-corrected chi connectivity index (χ3v) is 2.78. The molecule has 15 heavy (non-hydrogen) atoms. The lowest BCUT2D eigenvalue weighted by Gasteiger charge is -2.18. The molecule has 1 aromatic rings. The van der Waals surface area contributed by atoms with E-state index in [1.165, 1.54) is 6.07 Å². The molecule has 0 atom stereocenters. The lowest BCUT2D eigenvalue weighted by atomic mass is 10.2.